The number of carbonyl (C=O) groups is 1. The van der Waals surface area contributed by atoms with Crippen LogP contribution >= 0.6 is 0 Å². The molecule has 1 aliphatic heterocycles. The van der Waals surface area contributed by atoms with Crippen LogP contribution in [0.15, 0.2) is 34.2 Å². The van der Waals surface area contributed by atoms with E-state index < -0.39 is 15.4 Å². The van der Waals surface area contributed by atoms with E-state index in [2.05, 4.69) is 15.6 Å². The first kappa shape index (κ1) is 15.5. The van der Waals surface area contributed by atoms with E-state index in [4.69, 9.17) is 0 Å². The summed E-state index contributed by atoms with van der Waals surface area (Å²) in [7, 11) is -3.25. The molecule has 1 aromatic rings. The molecule has 1 saturated heterocycles. The van der Waals surface area contributed by atoms with Crippen LogP contribution < -0.4 is 10.6 Å². The number of sulfone groups is 1. The molecule has 1 heterocycles. The van der Waals surface area contributed by atoms with Crippen molar-refractivity contribution in [1.82, 2.24) is 10.6 Å². The molecular weight excluding hydrogens is 290 g/mol. The minimum atomic E-state index is -3.25. The first-order valence-corrected chi connectivity index (χ1v) is 8.50. The fraction of sp³-hybridized carbons (Fsp3) is 0.429. The fourth-order valence-corrected chi connectivity index (χ4v) is 2.75. The summed E-state index contributed by atoms with van der Waals surface area (Å²) < 4.78 is 22.9. The van der Waals surface area contributed by atoms with Crippen molar-refractivity contribution in [3.05, 3.63) is 29.8 Å². The quantitative estimate of drug-likeness (QED) is 0.864. The van der Waals surface area contributed by atoms with Crippen molar-refractivity contribution in [3.63, 3.8) is 0 Å². The number of nitrogens with zero attached hydrogens (tertiary/aromatic N) is 1. The number of aliphatic imine (C=N–C) groups is 1. The number of hydrogen-bond acceptors (Lipinski definition) is 4. The van der Waals surface area contributed by atoms with Gasteiger partial charge in [0.1, 0.15) is 5.54 Å². The van der Waals surface area contributed by atoms with Gasteiger partial charge in [0.15, 0.2) is 15.8 Å². The molecule has 0 spiro atoms. The van der Waals surface area contributed by atoms with E-state index >= 15 is 0 Å². The van der Waals surface area contributed by atoms with E-state index in [1.165, 1.54) is 12.1 Å². The highest BCUT2D eigenvalue weighted by molar-refractivity contribution is 7.90. The Morgan fingerprint density at radius 1 is 1.19 bits per heavy atom. The zero-order valence-corrected chi connectivity index (χ0v) is 13.3. The molecule has 6 nitrogen and oxygen atoms in total. The second-order valence-electron chi connectivity index (χ2n) is 5.57. The molecule has 0 bridgehead atoms. The molecule has 0 radical (unpaired) electrons. The summed E-state index contributed by atoms with van der Waals surface area (Å²) in [6.07, 6.45) is 1.15. The molecule has 0 aliphatic carbocycles. The van der Waals surface area contributed by atoms with Crippen molar-refractivity contribution < 1.29 is 13.2 Å². The number of nitrogens with one attached hydrogen (secondary N) is 2. The normalized spacial score (nSPS) is 24.2. The zero-order chi connectivity index (χ0) is 15.8. The van der Waals surface area contributed by atoms with Gasteiger partial charge in [-0.05, 0) is 38.5 Å². The summed E-state index contributed by atoms with van der Waals surface area (Å²) in [6.45, 7) is 5.56. The molecule has 0 aromatic heterocycles. The molecule has 2 rings (SSSR count). The van der Waals surface area contributed by atoms with Gasteiger partial charge in [-0.25, -0.2) is 8.42 Å². The molecule has 1 unspecified atom stereocenters. The van der Waals surface area contributed by atoms with Crippen LogP contribution in [0.1, 0.15) is 26.3 Å². The van der Waals surface area contributed by atoms with Gasteiger partial charge in [-0.1, -0.05) is 12.1 Å². The molecule has 1 amide bonds. The van der Waals surface area contributed by atoms with Gasteiger partial charge in [0.05, 0.1) is 4.90 Å². The number of amides is 1. The first-order valence-electron chi connectivity index (χ1n) is 6.61. The van der Waals surface area contributed by atoms with Crippen LogP contribution in [0.2, 0.25) is 0 Å². The van der Waals surface area contributed by atoms with Gasteiger partial charge < -0.3 is 5.32 Å². The van der Waals surface area contributed by atoms with Crippen molar-refractivity contribution >= 4 is 21.7 Å². The topological polar surface area (TPSA) is 87.6 Å². The number of carbonyl (C=O) groups excluding carboxylic acids is 1. The molecule has 2 N–H and O–H groups in total. The fourth-order valence-electron chi connectivity index (χ4n) is 2.12. The molecule has 114 valence electrons. The van der Waals surface area contributed by atoms with Gasteiger partial charge in [0.2, 0.25) is 0 Å². The third kappa shape index (κ3) is 3.07. The molecular formula is C14H19N3O3S. The molecule has 1 aromatic carbocycles. The lowest BCUT2D eigenvalue weighted by Gasteiger charge is -2.21. The average molecular weight is 309 g/mol. The highest BCUT2D eigenvalue weighted by Gasteiger charge is 2.42. The Labute approximate surface area is 124 Å². The molecule has 7 heteroatoms. The second kappa shape index (κ2) is 5.14. The van der Waals surface area contributed by atoms with Crippen molar-refractivity contribution in [2.24, 2.45) is 4.99 Å². The lowest BCUT2D eigenvalue weighted by Crippen LogP contribution is -2.40. The number of rotatable bonds is 3. The summed E-state index contributed by atoms with van der Waals surface area (Å²) >= 11 is 0. The Bertz CT molecular complexity index is 693. The van der Waals surface area contributed by atoms with Crippen molar-refractivity contribution in [3.8, 4) is 0 Å². The molecule has 0 saturated carbocycles. The van der Waals surface area contributed by atoms with Crippen LogP contribution in [0, 0.1) is 0 Å². The largest absolute Gasteiger partial charge is 0.338 e. The van der Waals surface area contributed by atoms with Gasteiger partial charge in [-0.3, -0.25) is 15.1 Å². The number of benzene rings is 1. The third-order valence-corrected chi connectivity index (χ3v) is 4.43. The Balaban J connectivity index is 2.35. The SMILES string of the molecule is CC(C)N=C1NC(=O)C(C)(c2ccc(S(C)(=O)=O)cc2)N1. The average Bonchev–Trinajstić information content (AvgIpc) is 2.64. The predicted molar refractivity (Wildman–Crippen MR) is 80.8 cm³/mol. The summed E-state index contributed by atoms with van der Waals surface area (Å²) in [6, 6.07) is 6.34. The maximum absolute atomic E-state index is 12.2. The van der Waals surface area contributed by atoms with Crippen molar-refractivity contribution in [2.75, 3.05) is 6.26 Å². The Morgan fingerprint density at radius 3 is 2.24 bits per heavy atom. The second-order valence-corrected chi connectivity index (χ2v) is 7.59. The number of hydrogen-bond donors (Lipinski definition) is 2. The van der Waals surface area contributed by atoms with Crippen LogP contribution in [-0.4, -0.2) is 32.6 Å². The van der Waals surface area contributed by atoms with E-state index in [-0.39, 0.29) is 16.8 Å². The molecule has 1 fully saturated rings. The van der Waals surface area contributed by atoms with Gasteiger partial charge >= 0.3 is 0 Å². The summed E-state index contributed by atoms with van der Waals surface area (Å²) in [5, 5.41) is 5.76. The van der Waals surface area contributed by atoms with Gasteiger partial charge in [-0.15, -0.1) is 0 Å². The van der Waals surface area contributed by atoms with Crippen molar-refractivity contribution in [1.29, 1.82) is 0 Å². The van der Waals surface area contributed by atoms with Crippen LogP contribution in [0.5, 0.6) is 0 Å². The Hall–Kier alpha value is -1.89. The van der Waals surface area contributed by atoms with Crippen LogP contribution in [0.3, 0.4) is 0 Å². The Kier molecular flexibility index (Phi) is 3.79. The van der Waals surface area contributed by atoms with Crippen LogP contribution in [0.4, 0.5) is 0 Å². The summed E-state index contributed by atoms with van der Waals surface area (Å²) in [5.41, 5.74) is -0.273. The lowest BCUT2D eigenvalue weighted by molar-refractivity contribution is -0.123. The maximum atomic E-state index is 12.2. The highest BCUT2D eigenvalue weighted by atomic mass is 32.2. The van der Waals surface area contributed by atoms with Crippen LogP contribution in [-0.2, 0) is 20.2 Å². The minimum absolute atomic E-state index is 0.0581. The minimum Gasteiger partial charge on any atom is -0.338 e. The third-order valence-electron chi connectivity index (χ3n) is 3.30. The zero-order valence-electron chi connectivity index (χ0n) is 12.5. The van der Waals surface area contributed by atoms with Gasteiger partial charge in [0, 0.05) is 12.3 Å². The van der Waals surface area contributed by atoms with Crippen LogP contribution in [0.25, 0.3) is 0 Å². The molecule has 21 heavy (non-hydrogen) atoms. The highest BCUT2D eigenvalue weighted by Crippen LogP contribution is 2.25. The van der Waals surface area contributed by atoms with Gasteiger partial charge in [0.25, 0.3) is 5.91 Å². The maximum Gasteiger partial charge on any atom is 0.256 e. The van der Waals surface area contributed by atoms with E-state index in [9.17, 15) is 13.2 Å². The van der Waals surface area contributed by atoms with E-state index in [1.807, 2.05) is 13.8 Å². The standard InChI is InChI=1S/C14H19N3O3S/c1-9(2)15-13-16-12(18)14(3,17-13)10-5-7-11(8-6-10)21(4,19)20/h5-9H,1-4H3,(H2,15,16,17,18). The van der Waals surface area contributed by atoms with Crippen molar-refractivity contribution in [2.45, 2.75) is 37.2 Å². The van der Waals surface area contributed by atoms with E-state index in [0.717, 1.165) is 6.26 Å². The predicted octanol–water partition coefficient (Wildman–Crippen LogP) is 0.789. The monoisotopic (exact) mass is 309 g/mol. The lowest BCUT2D eigenvalue weighted by atomic mass is 9.92. The van der Waals surface area contributed by atoms with Gasteiger partial charge in [-0.2, -0.15) is 0 Å². The molecule has 1 atom stereocenters. The first-order chi connectivity index (χ1) is 9.63. The summed E-state index contributed by atoms with van der Waals surface area (Å²) in [5.74, 6) is 0.221. The molecule has 1 aliphatic rings. The smallest absolute Gasteiger partial charge is 0.256 e. The Morgan fingerprint density at radius 2 is 1.76 bits per heavy atom. The van der Waals surface area contributed by atoms with E-state index in [0.29, 0.717) is 11.5 Å². The summed E-state index contributed by atoms with van der Waals surface area (Å²) in [4.78, 5) is 16.7. The van der Waals surface area contributed by atoms with E-state index in [1.54, 1.807) is 19.1 Å². The number of guanidine groups is 1.